The van der Waals surface area contributed by atoms with Crippen LogP contribution in [0.4, 0.5) is 0 Å². The van der Waals surface area contributed by atoms with Gasteiger partial charge in [-0.15, -0.1) is 0 Å². The van der Waals surface area contributed by atoms with Gasteiger partial charge >= 0.3 is 5.97 Å². The molecule has 0 saturated carbocycles. The minimum Gasteiger partial charge on any atom is -0.485 e. The van der Waals surface area contributed by atoms with E-state index in [1.54, 1.807) is 24.3 Å². The summed E-state index contributed by atoms with van der Waals surface area (Å²) in [5.74, 6) is 1.10. The highest BCUT2D eigenvalue weighted by Gasteiger charge is 2.29. The summed E-state index contributed by atoms with van der Waals surface area (Å²) in [6.07, 6.45) is -0.811. The molecule has 4 rings (SSSR count). The van der Waals surface area contributed by atoms with E-state index in [9.17, 15) is 4.79 Å². The molecular weight excluding hydrogens is 328 g/mol. The largest absolute Gasteiger partial charge is 0.485 e. The molecule has 0 spiro atoms. The average Bonchev–Trinajstić information content (AvgIpc) is 2.64. The zero-order chi connectivity index (χ0) is 16.5. The van der Waals surface area contributed by atoms with Crippen molar-refractivity contribution in [2.24, 2.45) is 0 Å². The van der Waals surface area contributed by atoms with E-state index in [0.717, 1.165) is 10.8 Å². The van der Waals surface area contributed by atoms with Gasteiger partial charge in [0, 0.05) is 15.8 Å². The molecule has 1 atom stereocenters. The van der Waals surface area contributed by atoms with Gasteiger partial charge in [-0.3, -0.25) is 0 Å². The number of hydrogen-bond donors (Lipinski definition) is 0. The zero-order valence-corrected chi connectivity index (χ0v) is 13.3. The highest BCUT2D eigenvalue weighted by molar-refractivity contribution is 6.35. The molecule has 0 aromatic heterocycles. The Balaban J connectivity index is 1.58. The lowest BCUT2D eigenvalue weighted by molar-refractivity contribution is -0.144. The van der Waals surface area contributed by atoms with Gasteiger partial charge in [-0.25, -0.2) is 4.79 Å². The van der Waals surface area contributed by atoms with Gasteiger partial charge in [0.05, 0.1) is 0 Å². The zero-order valence-electron chi connectivity index (χ0n) is 12.6. The Morgan fingerprint density at radius 3 is 2.50 bits per heavy atom. The SMILES string of the molecule is O=C(Oc1ccc(Cl)c2ccccc12)C1COc2ccccc2O1. The molecule has 0 N–H and O–H groups in total. The standard InChI is InChI=1S/C19H13ClO4/c20-14-9-10-15(13-6-2-1-5-12(13)14)24-19(21)18-11-22-16-7-3-4-8-17(16)23-18/h1-10,18H,11H2. The van der Waals surface area contributed by atoms with Crippen LogP contribution >= 0.6 is 11.6 Å². The Morgan fingerprint density at radius 1 is 0.958 bits per heavy atom. The molecular formula is C19H13ClO4. The van der Waals surface area contributed by atoms with Crippen LogP contribution in [0.2, 0.25) is 5.02 Å². The van der Waals surface area contributed by atoms with Gasteiger partial charge in [-0.1, -0.05) is 48.0 Å². The monoisotopic (exact) mass is 340 g/mol. The minimum atomic E-state index is -0.811. The van der Waals surface area contributed by atoms with Crippen LogP contribution in [-0.4, -0.2) is 18.7 Å². The first-order valence-corrected chi connectivity index (χ1v) is 7.87. The van der Waals surface area contributed by atoms with Crippen LogP contribution < -0.4 is 14.2 Å². The highest BCUT2D eigenvalue weighted by Crippen LogP contribution is 2.33. The molecule has 1 aliphatic rings. The van der Waals surface area contributed by atoms with Gasteiger partial charge < -0.3 is 14.2 Å². The summed E-state index contributed by atoms with van der Waals surface area (Å²) in [5.41, 5.74) is 0. The van der Waals surface area contributed by atoms with E-state index < -0.39 is 12.1 Å². The molecule has 0 radical (unpaired) electrons. The fourth-order valence-corrected chi connectivity index (χ4v) is 2.86. The van der Waals surface area contributed by atoms with Gasteiger partial charge in [-0.2, -0.15) is 0 Å². The molecule has 1 aliphatic heterocycles. The van der Waals surface area contributed by atoms with Gasteiger partial charge in [0.15, 0.2) is 11.5 Å². The first-order valence-electron chi connectivity index (χ1n) is 7.50. The molecule has 1 heterocycles. The fourth-order valence-electron chi connectivity index (χ4n) is 2.63. The van der Waals surface area contributed by atoms with Crippen molar-refractivity contribution in [2.45, 2.75) is 6.10 Å². The van der Waals surface area contributed by atoms with Crippen molar-refractivity contribution >= 4 is 28.3 Å². The number of hydrogen-bond acceptors (Lipinski definition) is 4. The van der Waals surface area contributed by atoms with Crippen molar-refractivity contribution in [1.29, 1.82) is 0 Å². The maximum atomic E-state index is 12.4. The number of fused-ring (bicyclic) bond motifs is 2. The van der Waals surface area contributed by atoms with Crippen molar-refractivity contribution in [3.8, 4) is 17.2 Å². The number of carbonyl (C=O) groups excluding carboxylic acids is 1. The molecule has 0 amide bonds. The van der Waals surface area contributed by atoms with Crippen LogP contribution in [0.15, 0.2) is 60.7 Å². The molecule has 0 aliphatic carbocycles. The second-order valence-corrected chi connectivity index (χ2v) is 5.78. The van der Waals surface area contributed by atoms with Gasteiger partial charge in [0.25, 0.3) is 0 Å². The third-order valence-corrected chi connectivity index (χ3v) is 4.14. The normalized spacial score (nSPS) is 16.0. The molecule has 0 fully saturated rings. The molecule has 3 aromatic carbocycles. The van der Waals surface area contributed by atoms with Crippen LogP contribution in [0.5, 0.6) is 17.2 Å². The van der Waals surface area contributed by atoms with E-state index in [0.29, 0.717) is 22.3 Å². The van der Waals surface area contributed by atoms with Crippen molar-refractivity contribution in [1.82, 2.24) is 0 Å². The summed E-state index contributed by atoms with van der Waals surface area (Å²) in [7, 11) is 0. The van der Waals surface area contributed by atoms with Crippen molar-refractivity contribution < 1.29 is 19.0 Å². The number of halogens is 1. The van der Waals surface area contributed by atoms with E-state index in [4.69, 9.17) is 25.8 Å². The predicted molar refractivity (Wildman–Crippen MR) is 90.9 cm³/mol. The molecule has 5 heteroatoms. The number of esters is 1. The Hall–Kier alpha value is -2.72. The third-order valence-electron chi connectivity index (χ3n) is 3.81. The van der Waals surface area contributed by atoms with Crippen LogP contribution in [0, 0.1) is 0 Å². The van der Waals surface area contributed by atoms with Gasteiger partial charge in [0.1, 0.15) is 12.4 Å². The number of benzene rings is 3. The molecule has 0 bridgehead atoms. The minimum absolute atomic E-state index is 0.112. The first kappa shape index (κ1) is 14.8. The van der Waals surface area contributed by atoms with Crippen molar-refractivity contribution in [2.75, 3.05) is 6.61 Å². The highest BCUT2D eigenvalue weighted by atomic mass is 35.5. The smallest absolute Gasteiger partial charge is 0.356 e. The molecule has 1 unspecified atom stereocenters. The van der Waals surface area contributed by atoms with Crippen LogP contribution in [-0.2, 0) is 4.79 Å². The molecule has 3 aromatic rings. The summed E-state index contributed by atoms with van der Waals surface area (Å²) in [6.45, 7) is 0.112. The van der Waals surface area contributed by atoms with E-state index in [1.807, 2.05) is 36.4 Å². The molecule has 4 nitrogen and oxygen atoms in total. The van der Waals surface area contributed by atoms with Crippen LogP contribution in [0.3, 0.4) is 0 Å². The maximum Gasteiger partial charge on any atom is 0.356 e. The maximum absolute atomic E-state index is 12.4. The number of carbonyl (C=O) groups is 1. The number of ether oxygens (including phenoxy) is 3. The van der Waals surface area contributed by atoms with Crippen LogP contribution in [0.25, 0.3) is 10.8 Å². The Morgan fingerprint density at radius 2 is 1.67 bits per heavy atom. The summed E-state index contributed by atoms with van der Waals surface area (Å²) in [6, 6.07) is 18.1. The summed E-state index contributed by atoms with van der Waals surface area (Å²) in [4.78, 5) is 12.4. The molecule has 120 valence electrons. The van der Waals surface area contributed by atoms with E-state index in [-0.39, 0.29) is 6.61 Å². The van der Waals surface area contributed by atoms with E-state index in [2.05, 4.69) is 0 Å². The van der Waals surface area contributed by atoms with Gasteiger partial charge in [0.2, 0.25) is 6.10 Å². The number of para-hydroxylation sites is 2. The summed E-state index contributed by atoms with van der Waals surface area (Å²) < 4.78 is 16.8. The first-order chi connectivity index (χ1) is 11.7. The summed E-state index contributed by atoms with van der Waals surface area (Å²) >= 11 is 6.19. The van der Waals surface area contributed by atoms with Crippen LogP contribution in [0.1, 0.15) is 0 Å². The second-order valence-electron chi connectivity index (χ2n) is 5.38. The van der Waals surface area contributed by atoms with E-state index in [1.165, 1.54) is 0 Å². The molecule has 0 saturated heterocycles. The lowest BCUT2D eigenvalue weighted by Gasteiger charge is -2.25. The predicted octanol–water partition coefficient (Wildman–Crippen LogP) is 4.24. The third kappa shape index (κ3) is 2.65. The van der Waals surface area contributed by atoms with Gasteiger partial charge in [-0.05, 0) is 24.3 Å². The second kappa shape index (κ2) is 6.06. The van der Waals surface area contributed by atoms with Crippen molar-refractivity contribution in [3.05, 3.63) is 65.7 Å². The van der Waals surface area contributed by atoms with Crippen molar-refractivity contribution in [3.63, 3.8) is 0 Å². The molecule has 24 heavy (non-hydrogen) atoms. The topological polar surface area (TPSA) is 44.8 Å². The Bertz CT molecular complexity index is 922. The Kier molecular flexibility index (Phi) is 3.75. The lowest BCUT2D eigenvalue weighted by Crippen LogP contribution is -2.39. The average molecular weight is 341 g/mol. The van der Waals surface area contributed by atoms with E-state index >= 15 is 0 Å². The summed E-state index contributed by atoms with van der Waals surface area (Å²) in [5, 5.41) is 2.21. The quantitative estimate of drug-likeness (QED) is 0.517. The fraction of sp³-hybridized carbons (Fsp3) is 0.105. The Labute approximate surface area is 143 Å². The lowest BCUT2D eigenvalue weighted by atomic mass is 10.1. The number of rotatable bonds is 2.